The van der Waals surface area contributed by atoms with Gasteiger partial charge in [0.25, 0.3) is 0 Å². The molecule has 1 aromatic rings. The van der Waals surface area contributed by atoms with Crippen molar-refractivity contribution in [3.05, 3.63) is 29.8 Å². The summed E-state index contributed by atoms with van der Waals surface area (Å²) < 4.78 is 26.2. The highest BCUT2D eigenvalue weighted by Gasteiger charge is 2.32. The molecule has 0 spiro atoms. The largest absolute Gasteiger partial charge is 0.369 e. The van der Waals surface area contributed by atoms with Crippen LogP contribution in [0.25, 0.3) is 0 Å². The molecule has 1 aromatic carbocycles. The predicted molar refractivity (Wildman–Crippen MR) is 71.8 cm³/mol. The van der Waals surface area contributed by atoms with Gasteiger partial charge in [-0.25, -0.2) is 8.42 Å². The molecule has 1 aliphatic rings. The number of amides is 1. The van der Waals surface area contributed by atoms with Crippen LogP contribution in [0.15, 0.2) is 29.2 Å². The van der Waals surface area contributed by atoms with Crippen molar-refractivity contribution in [2.24, 2.45) is 11.7 Å². The fourth-order valence-electron chi connectivity index (χ4n) is 2.27. The van der Waals surface area contributed by atoms with E-state index in [-0.39, 0.29) is 17.0 Å². The molecule has 1 heterocycles. The van der Waals surface area contributed by atoms with Crippen LogP contribution in [-0.4, -0.2) is 31.7 Å². The van der Waals surface area contributed by atoms with Crippen molar-refractivity contribution in [3.63, 3.8) is 0 Å². The van der Waals surface area contributed by atoms with Crippen LogP contribution in [0.2, 0.25) is 0 Å². The molecule has 0 unspecified atom stereocenters. The predicted octanol–water partition coefficient (Wildman–Crippen LogP) is 0.444. The molecule has 106 valence electrons. The number of carbonyl (C=O) groups is 1. The van der Waals surface area contributed by atoms with E-state index in [1.807, 2.05) is 6.07 Å². The number of nitriles is 1. The molecule has 2 rings (SSSR count). The van der Waals surface area contributed by atoms with Crippen molar-refractivity contribution >= 4 is 15.9 Å². The first kappa shape index (κ1) is 14.5. The average molecular weight is 293 g/mol. The maximum Gasteiger partial charge on any atom is 0.243 e. The first-order valence-corrected chi connectivity index (χ1v) is 7.69. The number of primary amides is 1. The van der Waals surface area contributed by atoms with Gasteiger partial charge in [0.2, 0.25) is 15.9 Å². The Hall–Kier alpha value is -1.91. The molecule has 0 aromatic heterocycles. The Bertz CT molecular complexity index is 664. The zero-order chi connectivity index (χ0) is 14.8. The zero-order valence-corrected chi connectivity index (χ0v) is 11.6. The highest BCUT2D eigenvalue weighted by atomic mass is 32.2. The van der Waals surface area contributed by atoms with Crippen LogP contribution in [0.5, 0.6) is 0 Å². The lowest BCUT2D eigenvalue weighted by Gasteiger charge is -2.30. The maximum absolute atomic E-state index is 12.5. The summed E-state index contributed by atoms with van der Waals surface area (Å²) in [4.78, 5) is 11.3. The minimum Gasteiger partial charge on any atom is -0.369 e. The third kappa shape index (κ3) is 2.81. The molecule has 0 bridgehead atoms. The van der Waals surface area contributed by atoms with E-state index >= 15 is 0 Å². The molecule has 20 heavy (non-hydrogen) atoms. The van der Waals surface area contributed by atoms with E-state index in [2.05, 4.69) is 0 Å². The molecule has 0 aliphatic carbocycles. The molecule has 7 heteroatoms. The van der Waals surface area contributed by atoms with Gasteiger partial charge in [-0.15, -0.1) is 0 Å². The highest BCUT2D eigenvalue weighted by Crippen LogP contribution is 2.24. The lowest BCUT2D eigenvalue weighted by molar-refractivity contribution is -0.122. The average Bonchev–Trinajstić information content (AvgIpc) is 2.47. The smallest absolute Gasteiger partial charge is 0.243 e. The number of piperidine rings is 1. The van der Waals surface area contributed by atoms with Crippen molar-refractivity contribution in [1.82, 2.24) is 4.31 Å². The van der Waals surface area contributed by atoms with Crippen molar-refractivity contribution in [2.45, 2.75) is 17.7 Å². The summed E-state index contributed by atoms with van der Waals surface area (Å²) in [6.45, 7) is 0.470. The molecule has 1 amide bonds. The summed E-state index contributed by atoms with van der Waals surface area (Å²) in [5.74, 6) is -0.923. The molecule has 1 fully saturated rings. The van der Waals surface area contributed by atoms with Crippen LogP contribution in [0.1, 0.15) is 18.4 Å². The van der Waals surface area contributed by atoms with Gasteiger partial charge in [0, 0.05) is 13.1 Å². The number of hydrogen-bond acceptors (Lipinski definition) is 4. The molecule has 0 radical (unpaired) electrons. The van der Waals surface area contributed by atoms with Crippen LogP contribution >= 0.6 is 0 Å². The fourth-order valence-corrected chi connectivity index (χ4v) is 3.84. The van der Waals surface area contributed by atoms with Crippen LogP contribution in [-0.2, 0) is 14.8 Å². The van der Waals surface area contributed by atoms with Crippen molar-refractivity contribution in [3.8, 4) is 6.07 Å². The number of sulfonamides is 1. The minimum absolute atomic E-state index is 0.0710. The van der Waals surface area contributed by atoms with E-state index in [9.17, 15) is 13.2 Å². The summed E-state index contributed by atoms with van der Waals surface area (Å²) in [5.41, 5.74) is 5.54. The topological polar surface area (TPSA) is 104 Å². The summed E-state index contributed by atoms with van der Waals surface area (Å²) in [6.07, 6.45) is 1.21. The number of nitrogens with zero attached hydrogens (tertiary/aromatic N) is 2. The Morgan fingerprint density at radius 1 is 1.45 bits per heavy atom. The van der Waals surface area contributed by atoms with Gasteiger partial charge in [0.15, 0.2) is 0 Å². The lowest BCUT2D eigenvalue weighted by atomic mass is 9.99. The van der Waals surface area contributed by atoms with Crippen LogP contribution in [0.4, 0.5) is 0 Å². The van der Waals surface area contributed by atoms with E-state index in [1.165, 1.54) is 22.5 Å². The normalized spacial score (nSPS) is 20.2. The van der Waals surface area contributed by atoms with Crippen molar-refractivity contribution < 1.29 is 13.2 Å². The van der Waals surface area contributed by atoms with Crippen molar-refractivity contribution in [1.29, 1.82) is 5.26 Å². The number of benzene rings is 1. The highest BCUT2D eigenvalue weighted by molar-refractivity contribution is 7.89. The molecular formula is C13H15N3O3S. The van der Waals surface area contributed by atoms with Crippen LogP contribution in [0, 0.1) is 17.2 Å². The third-order valence-corrected chi connectivity index (χ3v) is 5.25. The van der Waals surface area contributed by atoms with Gasteiger partial charge in [-0.05, 0) is 31.0 Å². The fraction of sp³-hybridized carbons (Fsp3) is 0.385. The monoisotopic (exact) mass is 293 g/mol. The Balaban J connectivity index is 2.30. The van der Waals surface area contributed by atoms with Crippen LogP contribution < -0.4 is 5.73 Å². The molecule has 1 saturated heterocycles. The van der Waals surface area contributed by atoms with Gasteiger partial charge in [0.05, 0.1) is 22.4 Å². The molecule has 2 N–H and O–H groups in total. The molecule has 1 atom stereocenters. The van der Waals surface area contributed by atoms with Crippen LogP contribution in [0.3, 0.4) is 0 Å². The molecular weight excluding hydrogens is 278 g/mol. The van der Waals surface area contributed by atoms with E-state index < -0.39 is 21.8 Å². The second-order valence-electron chi connectivity index (χ2n) is 4.74. The first-order valence-electron chi connectivity index (χ1n) is 6.25. The zero-order valence-electron chi connectivity index (χ0n) is 10.8. The molecule has 1 aliphatic heterocycles. The number of carbonyl (C=O) groups excluding carboxylic acids is 1. The van der Waals surface area contributed by atoms with Gasteiger partial charge in [0.1, 0.15) is 0 Å². The van der Waals surface area contributed by atoms with E-state index in [4.69, 9.17) is 11.0 Å². The van der Waals surface area contributed by atoms with Gasteiger partial charge >= 0.3 is 0 Å². The second kappa shape index (κ2) is 5.61. The Labute approximate surface area is 117 Å². The van der Waals surface area contributed by atoms with Gasteiger partial charge < -0.3 is 5.73 Å². The second-order valence-corrected chi connectivity index (χ2v) is 6.68. The van der Waals surface area contributed by atoms with Gasteiger partial charge in [-0.1, -0.05) is 6.07 Å². The van der Waals surface area contributed by atoms with E-state index in [1.54, 1.807) is 6.07 Å². The standard InChI is InChI=1S/C13H15N3O3S/c14-8-10-3-1-5-12(7-10)20(18,19)16-6-2-4-11(9-16)13(15)17/h1,3,5,7,11H,2,4,6,9H2,(H2,15,17)/t11-/m0/s1. The Morgan fingerprint density at radius 2 is 2.20 bits per heavy atom. The SMILES string of the molecule is N#Cc1cccc(S(=O)(=O)N2CCC[C@H](C(N)=O)C2)c1. The van der Waals surface area contributed by atoms with Gasteiger partial charge in [-0.3, -0.25) is 4.79 Å². The van der Waals surface area contributed by atoms with Gasteiger partial charge in [-0.2, -0.15) is 9.57 Å². The minimum atomic E-state index is -3.69. The molecule has 0 saturated carbocycles. The Morgan fingerprint density at radius 3 is 2.85 bits per heavy atom. The number of hydrogen-bond donors (Lipinski definition) is 1. The van der Waals surface area contributed by atoms with Crippen molar-refractivity contribution in [2.75, 3.05) is 13.1 Å². The lowest BCUT2D eigenvalue weighted by Crippen LogP contribution is -2.44. The first-order chi connectivity index (χ1) is 9.45. The van der Waals surface area contributed by atoms with E-state index in [0.717, 1.165) is 0 Å². The number of rotatable bonds is 3. The quantitative estimate of drug-likeness (QED) is 0.873. The molecule has 6 nitrogen and oxygen atoms in total. The third-order valence-electron chi connectivity index (χ3n) is 3.39. The van der Waals surface area contributed by atoms with E-state index in [0.29, 0.717) is 19.4 Å². The number of nitrogens with two attached hydrogens (primary N) is 1. The summed E-state index contributed by atoms with van der Waals surface area (Å²) in [7, 11) is -3.69. The Kier molecular flexibility index (Phi) is 4.06. The summed E-state index contributed by atoms with van der Waals surface area (Å²) in [6, 6.07) is 7.77. The summed E-state index contributed by atoms with van der Waals surface area (Å²) in [5, 5.41) is 8.83. The summed E-state index contributed by atoms with van der Waals surface area (Å²) >= 11 is 0. The maximum atomic E-state index is 12.5.